The maximum Gasteiger partial charge on any atom is 0.407 e. The van der Waals surface area contributed by atoms with E-state index in [1.54, 1.807) is 0 Å². The third-order valence-corrected chi connectivity index (χ3v) is 9.53. The lowest BCUT2D eigenvalue weighted by atomic mass is 10.2. The van der Waals surface area contributed by atoms with Crippen LogP contribution in [0.1, 0.15) is 26.3 Å². The van der Waals surface area contributed by atoms with Crippen LogP contribution in [-0.4, -0.2) is 48.3 Å². The van der Waals surface area contributed by atoms with Crippen LogP contribution in [-0.2, 0) is 30.1 Å². The van der Waals surface area contributed by atoms with E-state index in [0.29, 0.717) is 0 Å². The Kier molecular flexibility index (Phi) is 8.46. The van der Waals surface area contributed by atoms with E-state index in [1.165, 1.54) is 0 Å². The van der Waals surface area contributed by atoms with Gasteiger partial charge in [-0.3, -0.25) is 4.18 Å². The van der Waals surface area contributed by atoms with Crippen LogP contribution >= 0.6 is 0 Å². The van der Waals surface area contributed by atoms with Crippen molar-refractivity contribution >= 4 is 24.5 Å². The van der Waals surface area contributed by atoms with Gasteiger partial charge in [0.25, 0.3) is 10.1 Å². The topological polar surface area (TPSA) is 90.9 Å². The Hall–Kier alpha value is -1.42. The second-order valence-electron chi connectivity index (χ2n) is 7.96. The average molecular weight is 418 g/mol. The van der Waals surface area contributed by atoms with Crippen molar-refractivity contribution < 1.29 is 26.6 Å². The Morgan fingerprint density at radius 1 is 1.15 bits per heavy atom. The number of amides is 1. The molecular formula is C18H31NO6SSi. The van der Waals surface area contributed by atoms with Gasteiger partial charge in [-0.2, -0.15) is 8.42 Å². The van der Waals surface area contributed by atoms with E-state index >= 15 is 0 Å². The molecule has 0 saturated carbocycles. The molecule has 0 saturated heterocycles. The van der Waals surface area contributed by atoms with Crippen molar-refractivity contribution in [3.63, 3.8) is 0 Å². The molecule has 27 heavy (non-hydrogen) atoms. The first kappa shape index (κ1) is 23.6. The summed E-state index contributed by atoms with van der Waals surface area (Å²) in [6, 6.07) is 8.63. The molecule has 1 aromatic rings. The third-order valence-electron chi connectivity index (χ3n) is 4.47. The quantitative estimate of drug-likeness (QED) is 0.490. The maximum absolute atomic E-state index is 12.1. The summed E-state index contributed by atoms with van der Waals surface area (Å²) >= 11 is 0. The molecule has 154 valence electrons. The predicted octanol–water partition coefficient (Wildman–Crippen LogP) is 3.28. The van der Waals surface area contributed by atoms with Crippen LogP contribution in [0, 0.1) is 0 Å². The average Bonchev–Trinajstić information content (AvgIpc) is 2.54. The zero-order valence-corrected chi connectivity index (χ0v) is 18.8. The lowest BCUT2D eigenvalue weighted by molar-refractivity contribution is 0.121. The van der Waals surface area contributed by atoms with E-state index in [0.717, 1.165) is 11.8 Å². The fraction of sp³-hybridized carbons (Fsp3) is 0.611. The van der Waals surface area contributed by atoms with Gasteiger partial charge in [-0.1, -0.05) is 51.1 Å². The first-order valence-corrected chi connectivity index (χ1v) is 13.5. The van der Waals surface area contributed by atoms with Gasteiger partial charge < -0.3 is 14.5 Å². The zero-order chi connectivity index (χ0) is 20.7. The fourth-order valence-corrected chi connectivity index (χ4v) is 3.26. The van der Waals surface area contributed by atoms with E-state index in [4.69, 9.17) is 13.3 Å². The molecule has 0 radical (unpaired) electrons. The van der Waals surface area contributed by atoms with Gasteiger partial charge in [0.1, 0.15) is 6.61 Å². The summed E-state index contributed by atoms with van der Waals surface area (Å²) in [6.07, 6.45) is 0.312. The predicted molar refractivity (Wildman–Crippen MR) is 107 cm³/mol. The zero-order valence-electron chi connectivity index (χ0n) is 16.9. The molecule has 0 fully saturated rings. The molecule has 0 aromatic heterocycles. The van der Waals surface area contributed by atoms with Gasteiger partial charge in [-0.25, -0.2) is 4.79 Å². The molecule has 0 aliphatic carbocycles. The molecule has 0 spiro atoms. The lowest BCUT2D eigenvalue weighted by Crippen LogP contribution is -2.48. The number of hydrogen-bond donors (Lipinski definition) is 1. The van der Waals surface area contributed by atoms with Crippen molar-refractivity contribution in [2.45, 2.75) is 51.6 Å². The van der Waals surface area contributed by atoms with E-state index in [1.807, 2.05) is 30.3 Å². The number of carbonyl (C=O) groups excluding carboxylic acids is 1. The number of ether oxygens (including phenoxy) is 1. The molecule has 9 heteroatoms. The highest BCUT2D eigenvalue weighted by atomic mass is 32.2. The summed E-state index contributed by atoms with van der Waals surface area (Å²) in [5.74, 6) is 0. The summed E-state index contributed by atoms with van der Waals surface area (Å²) in [4.78, 5) is 12.1. The standard InChI is InChI=1S/C18H31NO6SSi/c1-18(2,3)27(5,6)25-14-16(13-24-26(4,21)22)19-17(20)23-12-15-10-8-7-9-11-15/h7-11,16H,12-14H2,1-6H3,(H,19,20)/t16-/m1/s1. The van der Waals surface area contributed by atoms with Crippen LogP contribution < -0.4 is 5.32 Å². The summed E-state index contributed by atoms with van der Waals surface area (Å²) in [7, 11) is -5.69. The van der Waals surface area contributed by atoms with E-state index in [2.05, 4.69) is 39.2 Å². The van der Waals surface area contributed by atoms with Gasteiger partial charge in [-0.05, 0) is 23.7 Å². The minimum atomic E-state index is -3.63. The maximum atomic E-state index is 12.1. The molecule has 0 bridgehead atoms. The van der Waals surface area contributed by atoms with E-state index < -0.39 is 30.6 Å². The first-order chi connectivity index (χ1) is 12.3. The summed E-state index contributed by atoms with van der Waals surface area (Å²) < 4.78 is 38.7. The van der Waals surface area contributed by atoms with Crippen molar-refractivity contribution in [3.05, 3.63) is 35.9 Å². The summed E-state index contributed by atoms with van der Waals surface area (Å²) in [6.45, 7) is 10.5. The van der Waals surface area contributed by atoms with E-state index in [-0.39, 0.29) is 24.9 Å². The van der Waals surface area contributed by atoms with Crippen LogP contribution in [0.3, 0.4) is 0 Å². The molecule has 7 nitrogen and oxygen atoms in total. The number of nitrogens with one attached hydrogen (secondary N) is 1. The number of rotatable bonds is 9. The van der Waals surface area contributed by atoms with Crippen LogP contribution in [0.4, 0.5) is 4.79 Å². The minimum absolute atomic E-state index is 0.0109. The normalized spacial score (nSPS) is 13.9. The highest BCUT2D eigenvalue weighted by Gasteiger charge is 2.37. The summed E-state index contributed by atoms with van der Waals surface area (Å²) in [5.41, 5.74) is 0.856. The first-order valence-electron chi connectivity index (χ1n) is 8.76. The monoisotopic (exact) mass is 417 g/mol. The fourth-order valence-electron chi connectivity index (χ4n) is 1.79. The second-order valence-corrected chi connectivity index (χ2v) is 14.4. The summed E-state index contributed by atoms with van der Waals surface area (Å²) in [5, 5.41) is 2.62. The van der Waals surface area contributed by atoms with Crippen LogP contribution in [0.5, 0.6) is 0 Å². The largest absolute Gasteiger partial charge is 0.445 e. The van der Waals surface area contributed by atoms with Crippen molar-refractivity contribution in [2.24, 2.45) is 0 Å². The van der Waals surface area contributed by atoms with Gasteiger partial charge in [0.2, 0.25) is 0 Å². The van der Waals surface area contributed by atoms with Gasteiger partial charge >= 0.3 is 6.09 Å². The molecular weight excluding hydrogens is 386 g/mol. The van der Waals surface area contributed by atoms with Gasteiger partial charge in [0.15, 0.2) is 8.32 Å². The third kappa shape index (κ3) is 9.36. The molecule has 0 heterocycles. The van der Waals surface area contributed by atoms with Crippen LogP contribution in [0.15, 0.2) is 30.3 Å². The molecule has 0 unspecified atom stereocenters. The highest BCUT2D eigenvalue weighted by molar-refractivity contribution is 7.85. The molecule has 1 amide bonds. The van der Waals surface area contributed by atoms with Crippen molar-refractivity contribution in [1.82, 2.24) is 5.32 Å². The molecule has 0 aliphatic heterocycles. The van der Waals surface area contributed by atoms with Crippen LogP contribution in [0.25, 0.3) is 0 Å². The van der Waals surface area contributed by atoms with Gasteiger partial charge in [0, 0.05) is 0 Å². The second kappa shape index (κ2) is 9.68. The van der Waals surface area contributed by atoms with Crippen molar-refractivity contribution in [3.8, 4) is 0 Å². The molecule has 1 rings (SSSR count). The van der Waals surface area contributed by atoms with E-state index in [9.17, 15) is 13.2 Å². The number of carbonyl (C=O) groups is 1. The number of alkyl carbamates (subject to hydrolysis) is 1. The molecule has 0 aliphatic rings. The molecule has 1 atom stereocenters. The Balaban J connectivity index is 2.66. The smallest absolute Gasteiger partial charge is 0.407 e. The van der Waals surface area contributed by atoms with Crippen molar-refractivity contribution in [1.29, 1.82) is 0 Å². The highest BCUT2D eigenvalue weighted by Crippen LogP contribution is 2.36. The number of hydrogen-bond acceptors (Lipinski definition) is 6. The Morgan fingerprint density at radius 3 is 2.26 bits per heavy atom. The Bertz CT molecular complexity index is 700. The minimum Gasteiger partial charge on any atom is -0.445 e. The van der Waals surface area contributed by atoms with Gasteiger partial charge in [-0.15, -0.1) is 0 Å². The van der Waals surface area contributed by atoms with Crippen LogP contribution in [0.2, 0.25) is 18.1 Å². The molecule has 1 N–H and O–H groups in total. The number of benzene rings is 1. The SMILES string of the molecule is CC(C)(C)[Si](C)(C)OC[C@@H](COS(C)(=O)=O)NC(=O)OCc1ccccc1. The lowest BCUT2D eigenvalue weighted by Gasteiger charge is -2.37. The molecule has 1 aromatic carbocycles. The Labute approximate surface area is 163 Å². The Morgan fingerprint density at radius 2 is 1.74 bits per heavy atom. The van der Waals surface area contributed by atoms with Gasteiger partial charge in [0.05, 0.1) is 25.5 Å². The van der Waals surface area contributed by atoms with Crippen molar-refractivity contribution in [2.75, 3.05) is 19.5 Å².